The van der Waals surface area contributed by atoms with Gasteiger partial charge in [-0.15, -0.1) is 0 Å². The van der Waals surface area contributed by atoms with Gasteiger partial charge in [-0.25, -0.2) is 4.79 Å². The molecule has 2 amide bonds. The van der Waals surface area contributed by atoms with E-state index in [1.807, 2.05) is 30.5 Å². The number of carboxylic acid groups (broad SMARTS) is 1. The summed E-state index contributed by atoms with van der Waals surface area (Å²) < 4.78 is 0.216. The third kappa shape index (κ3) is 6.03. The van der Waals surface area contributed by atoms with Crippen LogP contribution in [-0.4, -0.2) is 51.1 Å². The molecule has 0 bridgehead atoms. The summed E-state index contributed by atoms with van der Waals surface area (Å²) in [5.74, 6) is 0.107. The number of aliphatic carboxylic acids is 1. The van der Waals surface area contributed by atoms with Gasteiger partial charge in [-0.2, -0.15) is 11.8 Å². The highest BCUT2D eigenvalue weighted by Gasteiger charge is 2.28. The molecule has 6 heteroatoms. The zero-order valence-corrected chi connectivity index (χ0v) is 13.7. The van der Waals surface area contributed by atoms with Crippen molar-refractivity contribution in [2.75, 3.05) is 18.8 Å². The lowest BCUT2D eigenvalue weighted by Crippen LogP contribution is -2.50. The van der Waals surface area contributed by atoms with Crippen LogP contribution in [0.1, 0.15) is 47.0 Å². The van der Waals surface area contributed by atoms with E-state index in [4.69, 9.17) is 5.11 Å². The van der Waals surface area contributed by atoms with Gasteiger partial charge in [0.15, 0.2) is 0 Å². The number of rotatable bonds is 4. The number of carbonyl (C=O) groups is 2. The number of nitrogens with one attached hydrogen (secondary N) is 1. The molecular formula is C14H26N2O3S. The van der Waals surface area contributed by atoms with Crippen LogP contribution in [0.3, 0.4) is 0 Å². The fourth-order valence-electron chi connectivity index (χ4n) is 2.07. The molecule has 0 radical (unpaired) electrons. The Morgan fingerprint density at radius 1 is 1.35 bits per heavy atom. The van der Waals surface area contributed by atoms with Crippen molar-refractivity contribution in [1.29, 1.82) is 0 Å². The SMILES string of the molecule is CC(C)(CCC(=O)O)NC(=O)N1CCSC(C)(C)CC1. The molecular weight excluding hydrogens is 276 g/mol. The summed E-state index contributed by atoms with van der Waals surface area (Å²) in [6.07, 6.45) is 1.47. The standard InChI is InChI=1S/C14H26N2O3S/c1-13(2,6-5-11(17)18)15-12(19)16-8-7-14(3,4)20-10-9-16/h5-10H2,1-4H3,(H,15,19)(H,17,18). The third-order valence-corrected chi connectivity index (χ3v) is 4.91. The van der Waals surface area contributed by atoms with E-state index in [1.54, 1.807) is 0 Å². The maximum atomic E-state index is 12.3. The van der Waals surface area contributed by atoms with Gasteiger partial charge in [0.25, 0.3) is 0 Å². The first kappa shape index (κ1) is 17.1. The second-order valence-corrected chi connectivity index (χ2v) is 8.36. The summed E-state index contributed by atoms with van der Waals surface area (Å²) in [7, 11) is 0. The van der Waals surface area contributed by atoms with E-state index >= 15 is 0 Å². The normalized spacial score (nSPS) is 19.3. The Morgan fingerprint density at radius 2 is 2.00 bits per heavy atom. The Kier molecular flexibility index (Phi) is 5.74. The van der Waals surface area contributed by atoms with Crippen LogP contribution in [0.5, 0.6) is 0 Å². The Bertz CT molecular complexity index is 369. The molecule has 0 atom stereocenters. The minimum Gasteiger partial charge on any atom is -0.481 e. The van der Waals surface area contributed by atoms with Crippen LogP contribution >= 0.6 is 11.8 Å². The molecule has 0 aromatic carbocycles. The van der Waals surface area contributed by atoms with Gasteiger partial charge in [-0.1, -0.05) is 13.8 Å². The van der Waals surface area contributed by atoms with Crippen LogP contribution in [0.4, 0.5) is 4.79 Å². The molecule has 0 aliphatic carbocycles. The van der Waals surface area contributed by atoms with Crippen LogP contribution in [0.15, 0.2) is 0 Å². The van der Waals surface area contributed by atoms with Gasteiger partial charge in [0, 0.05) is 35.5 Å². The third-order valence-electron chi connectivity index (χ3n) is 3.53. The van der Waals surface area contributed by atoms with Crippen LogP contribution in [-0.2, 0) is 4.79 Å². The predicted octanol–water partition coefficient (Wildman–Crippen LogP) is 2.56. The monoisotopic (exact) mass is 302 g/mol. The number of nitrogens with zero attached hydrogens (tertiary/aromatic N) is 1. The molecule has 0 spiro atoms. The van der Waals surface area contributed by atoms with E-state index in [9.17, 15) is 9.59 Å². The van der Waals surface area contributed by atoms with Gasteiger partial charge in [-0.3, -0.25) is 4.79 Å². The van der Waals surface area contributed by atoms with Crippen LogP contribution in [0.2, 0.25) is 0 Å². The molecule has 0 aromatic rings. The Morgan fingerprint density at radius 3 is 2.60 bits per heavy atom. The molecule has 5 nitrogen and oxygen atoms in total. The van der Waals surface area contributed by atoms with Gasteiger partial charge < -0.3 is 15.3 Å². The zero-order valence-electron chi connectivity index (χ0n) is 12.9. The molecule has 116 valence electrons. The van der Waals surface area contributed by atoms with E-state index in [2.05, 4.69) is 19.2 Å². The smallest absolute Gasteiger partial charge is 0.317 e. The Balaban J connectivity index is 2.51. The summed E-state index contributed by atoms with van der Waals surface area (Å²) in [5, 5.41) is 11.7. The average molecular weight is 302 g/mol. The lowest BCUT2D eigenvalue weighted by atomic mass is 9.99. The highest BCUT2D eigenvalue weighted by atomic mass is 32.2. The van der Waals surface area contributed by atoms with Gasteiger partial charge in [-0.05, 0) is 26.7 Å². The first-order chi connectivity index (χ1) is 9.11. The van der Waals surface area contributed by atoms with Crippen LogP contribution in [0, 0.1) is 0 Å². The highest BCUT2D eigenvalue weighted by Crippen LogP contribution is 2.30. The van der Waals surface area contributed by atoms with Gasteiger partial charge in [0.05, 0.1) is 0 Å². The maximum Gasteiger partial charge on any atom is 0.317 e. The molecule has 1 heterocycles. The first-order valence-electron chi connectivity index (χ1n) is 7.04. The van der Waals surface area contributed by atoms with Crippen LogP contribution in [0.25, 0.3) is 0 Å². The number of carboxylic acids is 1. The van der Waals surface area contributed by atoms with Crippen molar-refractivity contribution in [1.82, 2.24) is 10.2 Å². The van der Waals surface area contributed by atoms with Gasteiger partial charge in [0.2, 0.25) is 0 Å². The minimum absolute atomic E-state index is 0.0656. The van der Waals surface area contributed by atoms with Crippen molar-refractivity contribution >= 4 is 23.8 Å². The molecule has 1 fully saturated rings. The van der Waals surface area contributed by atoms with E-state index < -0.39 is 11.5 Å². The number of amides is 2. The summed E-state index contributed by atoms with van der Waals surface area (Å²) in [6.45, 7) is 9.64. The van der Waals surface area contributed by atoms with E-state index in [0.29, 0.717) is 6.42 Å². The summed E-state index contributed by atoms with van der Waals surface area (Å²) in [5.41, 5.74) is -0.496. The van der Waals surface area contributed by atoms with Crippen LogP contribution < -0.4 is 5.32 Å². The Labute approximate surface area is 125 Å². The quantitative estimate of drug-likeness (QED) is 0.837. The molecule has 0 saturated carbocycles. The van der Waals surface area contributed by atoms with Gasteiger partial charge >= 0.3 is 12.0 Å². The zero-order chi connectivity index (χ0) is 15.4. The van der Waals surface area contributed by atoms with Crippen molar-refractivity contribution in [3.63, 3.8) is 0 Å². The summed E-state index contributed by atoms with van der Waals surface area (Å²) >= 11 is 1.90. The second-order valence-electron chi connectivity index (χ2n) is 6.55. The molecule has 1 saturated heterocycles. The van der Waals surface area contributed by atoms with Crippen molar-refractivity contribution in [3.8, 4) is 0 Å². The van der Waals surface area contributed by atoms with E-state index in [1.165, 1.54) is 0 Å². The second kappa shape index (κ2) is 6.70. The van der Waals surface area contributed by atoms with Crippen molar-refractivity contribution in [3.05, 3.63) is 0 Å². The highest BCUT2D eigenvalue weighted by molar-refractivity contribution is 8.00. The number of hydrogen-bond donors (Lipinski definition) is 2. The van der Waals surface area contributed by atoms with E-state index in [-0.39, 0.29) is 17.2 Å². The fourth-order valence-corrected chi connectivity index (χ4v) is 3.17. The minimum atomic E-state index is -0.833. The van der Waals surface area contributed by atoms with Gasteiger partial charge in [0.1, 0.15) is 0 Å². The Hall–Kier alpha value is -0.910. The lowest BCUT2D eigenvalue weighted by molar-refractivity contribution is -0.137. The predicted molar refractivity (Wildman–Crippen MR) is 82.2 cm³/mol. The molecule has 0 aromatic heterocycles. The fraction of sp³-hybridized carbons (Fsp3) is 0.857. The summed E-state index contributed by atoms with van der Waals surface area (Å²) in [6, 6.07) is -0.0845. The molecule has 1 aliphatic rings. The molecule has 2 N–H and O–H groups in total. The number of thioether (sulfide) groups is 1. The average Bonchev–Trinajstić information content (AvgIpc) is 2.47. The molecule has 20 heavy (non-hydrogen) atoms. The van der Waals surface area contributed by atoms with E-state index in [0.717, 1.165) is 25.3 Å². The lowest BCUT2D eigenvalue weighted by Gasteiger charge is -2.30. The topological polar surface area (TPSA) is 69.6 Å². The molecule has 0 unspecified atom stereocenters. The molecule has 1 aliphatic heterocycles. The first-order valence-corrected chi connectivity index (χ1v) is 8.03. The number of urea groups is 1. The summed E-state index contributed by atoms with van der Waals surface area (Å²) in [4.78, 5) is 24.7. The van der Waals surface area contributed by atoms with Crippen molar-refractivity contribution in [2.24, 2.45) is 0 Å². The van der Waals surface area contributed by atoms with Crippen molar-refractivity contribution in [2.45, 2.75) is 57.2 Å². The number of hydrogen-bond acceptors (Lipinski definition) is 3. The molecule has 1 rings (SSSR count). The number of carbonyl (C=O) groups excluding carboxylic acids is 1. The van der Waals surface area contributed by atoms with Crippen molar-refractivity contribution < 1.29 is 14.7 Å². The largest absolute Gasteiger partial charge is 0.481 e. The maximum absolute atomic E-state index is 12.3.